The van der Waals surface area contributed by atoms with Crippen molar-refractivity contribution >= 4 is 0 Å². The largest absolute Gasteiger partial charge is 0.381 e. The quantitative estimate of drug-likeness (QED) is 0.740. The van der Waals surface area contributed by atoms with Gasteiger partial charge in [-0.2, -0.15) is 0 Å². The molecule has 0 bridgehead atoms. The average molecular weight is 199 g/mol. The highest BCUT2D eigenvalue weighted by Gasteiger charge is 2.28. The second-order valence-electron chi connectivity index (χ2n) is 4.83. The molecule has 2 fully saturated rings. The molecule has 2 rings (SSSR count). The van der Waals surface area contributed by atoms with E-state index in [4.69, 9.17) is 9.47 Å². The van der Waals surface area contributed by atoms with Gasteiger partial charge in [-0.05, 0) is 32.1 Å². The number of nitrogens with one attached hydrogen (secondary N) is 1. The van der Waals surface area contributed by atoms with Crippen LogP contribution >= 0.6 is 0 Å². The zero-order chi connectivity index (χ0) is 9.86. The number of ether oxygens (including phenoxy) is 2. The number of rotatable bonds is 3. The van der Waals surface area contributed by atoms with Crippen LogP contribution in [-0.2, 0) is 9.47 Å². The van der Waals surface area contributed by atoms with Crippen molar-refractivity contribution < 1.29 is 9.47 Å². The van der Waals surface area contributed by atoms with Gasteiger partial charge in [0.2, 0.25) is 0 Å². The lowest BCUT2D eigenvalue weighted by Crippen LogP contribution is -2.50. The van der Waals surface area contributed by atoms with Crippen LogP contribution in [0.25, 0.3) is 0 Å². The van der Waals surface area contributed by atoms with Gasteiger partial charge in [0.15, 0.2) is 0 Å². The van der Waals surface area contributed by atoms with E-state index in [0.717, 1.165) is 33.0 Å². The lowest BCUT2D eigenvalue weighted by atomic mass is 9.94. The Morgan fingerprint density at radius 3 is 2.93 bits per heavy atom. The Labute approximate surface area is 86.2 Å². The van der Waals surface area contributed by atoms with Gasteiger partial charge < -0.3 is 14.8 Å². The monoisotopic (exact) mass is 199 g/mol. The predicted octanol–water partition coefficient (Wildman–Crippen LogP) is 1.18. The van der Waals surface area contributed by atoms with Crippen LogP contribution in [0.2, 0.25) is 0 Å². The van der Waals surface area contributed by atoms with Crippen LogP contribution < -0.4 is 5.32 Å². The molecular weight excluding hydrogens is 178 g/mol. The van der Waals surface area contributed by atoms with Crippen LogP contribution in [0.5, 0.6) is 0 Å². The van der Waals surface area contributed by atoms with E-state index in [1.165, 1.54) is 19.3 Å². The Hall–Kier alpha value is -0.120. The average Bonchev–Trinajstić information content (AvgIpc) is 2.69. The molecule has 0 aromatic heterocycles. The van der Waals surface area contributed by atoms with Gasteiger partial charge in [0, 0.05) is 25.3 Å². The van der Waals surface area contributed by atoms with Crippen molar-refractivity contribution in [3.05, 3.63) is 0 Å². The SMILES string of the molecule is CC1(NCC2CCOC2)CCCOC1. The number of hydrogen-bond acceptors (Lipinski definition) is 3. The summed E-state index contributed by atoms with van der Waals surface area (Å²) in [6.45, 7) is 7.02. The molecule has 0 saturated carbocycles. The highest BCUT2D eigenvalue weighted by atomic mass is 16.5. The summed E-state index contributed by atoms with van der Waals surface area (Å²) in [6.07, 6.45) is 3.63. The van der Waals surface area contributed by atoms with Crippen molar-refractivity contribution in [2.45, 2.75) is 31.7 Å². The maximum Gasteiger partial charge on any atom is 0.0645 e. The summed E-state index contributed by atoms with van der Waals surface area (Å²) in [6, 6.07) is 0. The highest BCUT2D eigenvalue weighted by Crippen LogP contribution is 2.19. The molecule has 2 atom stereocenters. The smallest absolute Gasteiger partial charge is 0.0645 e. The molecule has 1 N–H and O–H groups in total. The van der Waals surface area contributed by atoms with Gasteiger partial charge in [-0.3, -0.25) is 0 Å². The molecule has 0 aliphatic carbocycles. The Bertz CT molecular complexity index is 172. The summed E-state index contributed by atoms with van der Waals surface area (Å²) in [4.78, 5) is 0. The molecule has 0 radical (unpaired) electrons. The molecule has 2 unspecified atom stereocenters. The van der Waals surface area contributed by atoms with Crippen LogP contribution in [0.4, 0.5) is 0 Å². The molecule has 2 aliphatic rings. The van der Waals surface area contributed by atoms with Crippen LogP contribution in [0.1, 0.15) is 26.2 Å². The fourth-order valence-corrected chi connectivity index (χ4v) is 2.21. The van der Waals surface area contributed by atoms with Crippen molar-refractivity contribution in [3.8, 4) is 0 Å². The van der Waals surface area contributed by atoms with Crippen molar-refractivity contribution in [3.63, 3.8) is 0 Å². The van der Waals surface area contributed by atoms with E-state index in [1.54, 1.807) is 0 Å². The first-order valence-corrected chi connectivity index (χ1v) is 5.69. The molecule has 0 aromatic rings. The van der Waals surface area contributed by atoms with Crippen molar-refractivity contribution in [2.24, 2.45) is 5.92 Å². The summed E-state index contributed by atoms with van der Waals surface area (Å²) in [5, 5.41) is 3.63. The molecule has 82 valence electrons. The Morgan fingerprint density at radius 1 is 1.36 bits per heavy atom. The zero-order valence-corrected chi connectivity index (χ0v) is 9.05. The highest BCUT2D eigenvalue weighted by molar-refractivity contribution is 4.86. The van der Waals surface area contributed by atoms with E-state index in [-0.39, 0.29) is 5.54 Å². The van der Waals surface area contributed by atoms with Crippen molar-refractivity contribution in [1.29, 1.82) is 0 Å². The summed E-state index contributed by atoms with van der Waals surface area (Å²) < 4.78 is 10.9. The third kappa shape index (κ3) is 2.69. The van der Waals surface area contributed by atoms with Gasteiger partial charge in [-0.25, -0.2) is 0 Å². The van der Waals surface area contributed by atoms with Gasteiger partial charge in [0.25, 0.3) is 0 Å². The molecule has 2 heterocycles. The normalized spacial score (nSPS) is 38.8. The molecule has 2 saturated heterocycles. The fraction of sp³-hybridized carbons (Fsp3) is 1.00. The summed E-state index contributed by atoms with van der Waals surface area (Å²) in [7, 11) is 0. The van der Waals surface area contributed by atoms with E-state index in [1.807, 2.05) is 0 Å². The minimum Gasteiger partial charge on any atom is -0.381 e. The van der Waals surface area contributed by atoms with Gasteiger partial charge in [-0.15, -0.1) is 0 Å². The van der Waals surface area contributed by atoms with E-state index in [0.29, 0.717) is 5.92 Å². The number of hydrogen-bond donors (Lipinski definition) is 1. The summed E-state index contributed by atoms with van der Waals surface area (Å²) in [5.74, 6) is 0.716. The predicted molar refractivity (Wildman–Crippen MR) is 55.4 cm³/mol. The molecule has 0 aromatic carbocycles. The zero-order valence-electron chi connectivity index (χ0n) is 9.05. The maximum absolute atomic E-state index is 5.51. The third-order valence-corrected chi connectivity index (χ3v) is 3.28. The van der Waals surface area contributed by atoms with E-state index in [2.05, 4.69) is 12.2 Å². The molecule has 3 heteroatoms. The minimum absolute atomic E-state index is 0.209. The Balaban J connectivity index is 1.72. The van der Waals surface area contributed by atoms with Gasteiger partial charge in [0.05, 0.1) is 13.2 Å². The second kappa shape index (κ2) is 4.60. The van der Waals surface area contributed by atoms with E-state index >= 15 is 0 Å². The molecule has 2 aliphatic heterocycles. The summed E-state index contributed by atoms with van der Waals surface area (Å²) >= 11 is 0. The third-order valence-electron chi connectivity index (χ3n) is 3.28. The lowest BCUT2D eigenvalue weighted by molar-refractivity contribution is 0.0266. The first-order valence-electron chi connectivity index (χ1n) is 5.69. The lowest BCUT2D eigenvalue weighted by Gasteiger charge is -2.35. The topological polar surface area (TPSA) is 30.5 Å². The van der Waals surface area contributed by atoms with Gasteiger partial charge >= 0.3 is 0 Å². The van der Waals surface area contributed by atoms with Gasteiger partial charge in [0.1, 0.15) is 0 Å². The summed E-state index contributed by atoms with van der Waals surface area (Å²) in [5.41, 5.74) is 0.209. The molecular formula is C11H21NO2. The minimum atomic E-state index is 0.209. The molecule has 0 amide bonds. The maximum atomic E-state index is 5.51. The van der Waals surface area contributed by atoms with E-state index < -0.39 is 0 Å². The standard InChI is InChI=1S/C11H21NO2/c1-11(4-2-5-14-9-11)12-7-10-3-6-13-8-10/h10,12H,2-9H2,1H3. The van der Waals surface area contributed by atoms with Crippen LogP contribution in [0.15, 0.2) is 0 Å². The van der Waals surface area contributed by atoms with Gasteiger partial charge in [-0.1, -0.05) is 0 Å². The molecule has 0 spiro atoms. The Kier molecular flexibility index (Phi) is 3.42. The van der Waals surface area contributed by atoms with Crippen LogP contribution in [0, 0.1) is 5.92 Å². The first-order chi connectivity index (χ1) is 6.79. The molecule has 14 heavy (non-hydrogen) atoms. The molecule has 3 nitrogen and oxygen atoms in total. The fourth-order valence-electron chi connectivity index (χ4n) is 2.21. The second-order valence-corrected chi connectivity index (χ2v) is 4.83. The van der Waals surface area contributed by atoms with Crippen molar-refractivity contribution in [2.75, 3.05) is 33.0 Å². The van der Waals surface area contributed by atoms with Crippen LogP contribution in [0.3, 0.4) is 0 Å². The van der Waals surface area contributed by atoms with Crippen molar-refractivity contribution in [1.82, 2.24) is 5.32 Å². The first kappa shape index (κ1) is 10.4. The Morgan fingerprint density at radius 2 is 2.29 bits per heavy atom. The van der Waals surface area contributed by atoms with Crippen LogP contribution in [-0.4, -0.2) is 38.5 Å². The van der Waals surface area contributed by atoms with E-state index in [9.17, 15) is 0 Å².